The highest BCUT2D eigenvalue weighted by Gasteiger charge is 2.37. The van der Waals surface area contributed by atoms with Gasteiger partial charge in [0.25, 0.3) is 0 Å². The molecule has 0 aromatic carbocycles. The van der Waals surface area contributed by atoms with Crippen LogP contribution in [0.25, 0.3) is 0 Å². The molecule has 0 spiro atoms. The molecule has 0 radical (unpaired) electrons. The number of sulfonamides is 1. The van der Waals surface area contributed by atoms with E-state index in [0.29, 0.717) is 13.1 Å². The summed E-state index contributed by atoms with van der Waals surface area (Å²) >= 11 is 0. The van der Waals surface area contributed by atoms with E-state index in [1.807, 2.05) is 0 Å². The van der Waals surface area contributed by atoms with Gasteiger partial charge in [0.15, 0.2) is 0 Å². The monoisotopic (exact) mass is 394 g/mol. The number of rotatable bonds is 5. The average molecular weight is 394 g/mol. The lowest BCUT2D eigenvalue weighted by molar-refractivity contribution is -0.138. The first kappa shape index (κ1) is 19.8. The van der Waals surface area contributed by atoms with Crippen molar-refractivity contribution in [1.82, 2.24) is 19.5 Å². The summed E-state index contributed by atoms with van der Waals surface area (Å²) in [6, 6.07) is 2.60. The summed E-state index contributed by atoms with van der Waals surface area (Å²) in [6.45, 7) is 2.54. The lowest BCUT2D eigenvalue weighted by atomic mass is 9.96. The van der Waals surface area contributed by atoms with Crippen LogP contribution in [0, 0.1) is 5.92 Å². The van der Waals surface area contributed by atoms with Crippen molar-refractivity contribution in [3.05, 3.63) is 24.5 Å². The topological polar surface area (TPSA) is 99.7 Å². The van der Waals surface area contributed by atoms with E-state index in [4.69, 9.17) is 0 Å². The van der Waals surface area contributed by atoms with Crippen molar-refractivity contribution in [2.45, 2.75) is 43.5 Å². The quantitative estimate of drug-likeness (QED) is 0.789. The normalized spacial score (nSPS) is 20.4. The Morgan fingerprint density at radius 2 is 1.85 bits per heavy atom. The van der Waals surface area contributed by atoms with Crippen molar-refractivity contribution >= 4 is 21.8 Å². The van der Waals surface area contributed by atoms with Gasteiger partial charge in [0, 0.05) is 45.5 Å². The number of amides is 2. The maximum Gasteiger partial charge on any atom is 0.245 e. The summed E-state index contributed by atoms with van der Waals surface area (Å²) in [5.74, 6) is -0.146. The number of aromatic nitrogens is 1. The lowest BCUT2D eigenvalue weighted by Crippen LogP contribution is -2.57. The molecular weight excluding hydrogens is 368 g/mol. The summed E-state index contributed by atoms with van der Waals surface area (Å²) < 4.78 is 26.7. The number of carbonyl (C=O) groups excluding carboxylic acids is 2. The van der Waals surface area contributed by atoms with Crippen molar-refractivity contribution in [2.24, 2.45) is 5.92 Å². The molecule has 1 aliphatic heterocycles. The Morgan fingerprint density at radius 3 is 2.41 bits per heavy atom. The molecule has 2 heterocycles. The fourth-order valence-corrected chi connectivity index (χ4v) is 5.27. The average Bonchev–Trinajstić information content (AvgIpc) is 3.21. The van der Waals surface area contributed by atoms with Crippen LogP contribution >= 0.6 is 0 Å². The molecular formula is C18H26N4O4S. The zero-order valence-electron chi connectivity index (χ0n) is 15.5. The van der Waals surface area contributed by atoms with E-state index in [2.05, 4.69) is 10.3 Å². The Labute approximate surface area is 160 Å². The molecule has 9 heteroatoms. The Bertz CT molecular complexity index is 770. The van der Waals surface area contributed by atoms with Crippen LogP contribution in [0.4, 0.5) is 0 Å². The van der Waals surface area contributed by atoms with Crippen molar-refractivity contribution in [1.29, 1.82) is 0 Å². The number of pyridine rings is 1. The van der Waals surface area contributed by atoms with Crippen molar-refractivity contribution < 1.29 is 18.0 Å². The van der Waals surface area contributed by atoms with E-state index >= 15 is 0 Å². The van der Waals surface area contributed by atoms with E-state index in [-0.39, 0.29) is 35.7 Å². The fourth-order valence-electron chi connectivity index (χ4n) is 3.89. The van der Waals surface area contributed by atoms with Crippen LogP contribution in [-0.4, -0.2) is 66.6 Å². The first-order chi connectivity index (χ1) is 12.9. The molecule has 1 aromatic rings. The molecule has 2 fully saturated rings. The Morgan fingerprint density at radius 1 is 1.19 bits per heavy atom. The van der Waals surface area contributed by atoms with Gasteiger partial charge in [-0.25, -0.2) is 8.42 Å². The highest BCUT2D eigenvalue weighted by molar-refractivity contribution is 7.89. The highest BCUT2D eigenvalue weighted by atomic mass is 32.2. The van der Waals surface area contributed by atoms with Crippen LogP contribution in [0.15, 0.2) is 29.4 Å². The Kier molecular flexibility index (Phi) is 6.11. The molecule has 1 unspecified atom stereocenters. The summed E-state index contributed by atoms with van der Waals surface area (Å²) in [6.07, 6.45) is 6.88. The SMILES string of the molecule is CC(=O)NC(C(=O)N1CCN(S(=O)(=O)c2cccnc2)CC1)C1CCCC1. The number of hydrogen-bond donors (Lipinski definition) is 1. The third-order valence-electron chi connectivity index (χ3n) is 5.32. The molecule has 148 valence electrons. The van der Waals surface area contributed by atoms with Crippen LogP contribution in [0.5, 0.6) is 0 Å². The fraction of sp³-hybridized carbons (Fsp3) is 0.611. The van der Waals surface area contributed by atoms with Crippen LogP contribution in [-0.2, 0) is 19.6 Å². The first-order valence-electron chi connectivity index (χ1n) is 9.35. The molecule has 1 aromatic heterocycles. The Hall–Kier alpha value is -2.00. The van der Waals surface area contributed by atoms with E-state index in [0.717, 1.165) is 25.7 Å². The molecule has 2 aliphatic rings. The van der Waals surface area contributed by atoms with Crippen LogP contribution in [0.2, 0.25) is 0 Å². The van der Waals surface area contributed by atoms with Crippen LogP contribution < -0.4 is 5.32 Å². The largest absolute Gasteiger partial charge is 0.344 e. The van der Waals surface area contributed by atoms with Gasteiger partial charge in [-0.1, -0.05) is 12.8 Å². The molecule has 1 N–H and O–H groups in total. The predicted molar refractivity (Wildman–Crippen MR) is 99.1 cm³/mol. The molecule has 8 nitrogen and oxygen atoms in total. The van der Waals surface area contributed by atoms with Crippen molar-refractivity contribution in [2.75, 3.05) is 26.2 Å². The lowest BCUT2D eigenvalue weighted by Gasteiger charge is -2.37. The third kappa shape index (κ3) is 4.47. The van der Waals surface area contributed by atoms with Crippen molar-refractivity contribution in [3.63, 3.8) is 0 Å². The molecule has 27 heavy (non-hydrogen) atoms. The predicted octanol–water partition coefficient (Wildman–Crippen LogP) is 0.609. The van der Waals surface area contributed by atoms with Crippen molar-refractivity contribution in [3.8, 4) is 0 Å². The van der Waals surface area contributed by atoms with Gasteiger partial charge >= 0.3 is 0 Å². The Balaban J connectivity index is 1.65. The molecule has 1 aliphatic carbocycles. The van der Waals surface area contributed by atoms with E-state index in [1.54, 1.807) is 11.0 Å². The van der Waals surface area contributed by atoms with Gasteiger partial charge in [-0.2, -0.15) is 4.31 Å². The summed E-state index contributed by atoms with van der Waals surface area (Å²) in [7, 11) is -3.60. The number of nitrogens with one attached hydrogen (secondary N) is 1. The molecule has 2 amide bonds. The minimum atomic E-state index is -3.60. The van der Waals surface area contributed by atoms with E-state index < -0.39 is 16.1 Å². The van der Waals surface area contributed by atoms with E-state index in [1.165, 1.54) is 29.7 Å². The van der Waals surface area contributed by atoms with Gasteiger partial charge in [0.1, 0.15) is 10.9 Å². The van der Waals surface area contributed by atoms with Gasteiger partial charge in [-0.15, -0.1) is 0 Å². The second kappa shape index (κ2) is 8.35. The summed E-state index contributed by atoms with van der Waals surface area (Å²) in [4.78, 5) is 30.3. The highest BCUT2D eigenvalue weighted by Crippen LogP contribution is 2.29. The smallest absolute Gasteiger partial charge is 0.245 e. The zero-order valence-corrected chi connectivity index (χ0v) is 16.3. The first-order valence-corrected chi connectivity index (χ1v) is 10.8. The van der Waals surface area contributed by atoms with Crippen LogP contribution in [0.1, 0.15) is 32.6 Å². The minimum absolute atomic E-state index is 0.101. The second-order valence-corrected chi connectivity index (χ2v) is 9.08. The molecule has 0 bridgehead atoms. The number of carbonyl (C=O) groups is 2. The standard InChI is InChI=1S/C18H26N4O4S/c1-14(23)20-17(15-5-2-3-6-15)18(24)21-9-11-22(12-10-21)27(25,26)16-7-4-8-19-13-16/h4,7-8,13,15,17H,2-3,5-6,9-12H2,1H3,(H,20,23). The number of piperazine rings is 1. The molecule has 1 atom stereocenters. The van der Waals surface area contributed by atoms with Gasteiger partial charge in [0.2, 0.25) is 21.8 Å². The third-order valence-corrected chi connectivity index (χ3v) is 7.20. The molecule has 3 rings (SSSR count). The van der Waals surface area contributed by atoms with Gasteiger partial charge in [0.05, 0.1) is 0 Å². The minimum Gasteiger partial charge on any atom is -0.344 e. The zero-order chi connectivity index (χ0) is 19.4. The summed E-state index contributed by atoms with van der Waals surface area (Å²) in [5.41, 5.74) is 0. The molecule has 1 saturated heterocycles. The van der Waals surface area contributed by atoms with Gasteiger partial charge < -0.3 is 10.2 Å². The summed E-state index contributed by atoms with van der Waals surface area (Å²) in [5, 5.41) is 2.82. The van der Waals surface area contributed by atoms with Gasteiger partial charge in [-0.05, 0) is 30.9 Å². The maximum atomic E-state index is 13.0. The van der Waals surface area contributed by atoms with Crippen LogP contribution in [0.3, 0.4) is 0 Å². The maximum absolute atomic E-state index is 13.0. The molecule has 1 saturated carbocycles. The van der Waals surface area contributed by atoms with Gasteiger partial charge in [-0.3, -0.25) is 14.6 Å². The van der Waals surface area contributed by atoms with E-state index in [9.17, 15) is 18.0 Å². The second-order valence-electron chi connectivity index (χ2n) is 7.14. The number of hydrogen-bond acceptors (Lipinski definition) is 5. The number of nitrogens with zero attached hydrogens (tertiary/aromatic N) is 3.